The lowest BCUT2D eigenvalue weighted by Gasteiger charge is -2.23. The Labute approximate surface area is 185 Å². The summed E-state index contributed by atoms with van der Waals surface area (Å²) in [6, 6.07) is 14.7. The first-order chi connectivity index (χ1) is 14.9. The average molecular weight is 441 g/mol. The molecular formula is C25H32N2O3S. The first-order valence-electron chi connectivity index (χ1n) is 11.3. The van der Waals surface area contributed by atoms with Crippen LogP contribution in [-0.2, 0) is 27.7 Å². The molecule has 2 aromatic carbocycles. The van der Waals surface area contributed by atoms with Crippen LogP contribution in [0.2, 0.25) is 0 Å². The van der Waals surface area contributed by atoms with Crippen molar-refractivity contribution in [3.8, 4) is 0 Å². The second-order valence-corrected chi connectivity index (χ2v) is 10.9. The van der Waals surface area contributed by atoms with Gasteiger partial charge in [-0.1, -0.05) is 44.5 Å². The van der Waals surface area contributed by atoms with E-state index in [9.17, 15) is 13.2 Å². The molecule has 1 fully saturated rings. The van der Waals surface area contributed by atoms with E-state index in [-0.39, 0.29) is 17.9 Å². The number of rotatable bonds is 7. The number of benzene rings is 2. The summed E-state index contributed by atoms with van der Waals surface area (Å²) in [5, 5.41) is 3.04. The van der Waals surface area contributed by atoms with Crippen molar-refractivity contribution in [2.24, 2.45) is 17.8 Å². The summed E-state index contributed by atoms with van der Waals surface area (Å²) in [5.41, 5.74) is 3.35. The zero-order valence-corrected chi connectivity index (χ0v) is 19.1. The number of carbonyl (C=O) groups is 1. The van der Waals surface area contributed by atoms with Gasteiger partial charge in [0, 0.05) is 18.2 Å². The zero-order chi connectivity index (χ0) is 22.0. The first kappa shape index (κ1) is 22.0. The molecule has 0 saturated heterocycles. The van der Waals surface area contributed by atoms with Gasteiger partial charge in [0.1, 0.15) is 0 Å². The Bertz CT molecular complexity index is 1040. The molecule has 0 aliphatic heterocycles. The molecule has 1 saturated carbocycles. The predicted octanol–water partition coefficient (Wildman–Crippen LogP) is 4.53. The van der Waals surface area contributed by atoms with Crippen molar-refractivity contribution < 1.29 is 13.2 Å². The summed E-state index contributed by atoms with van der Waals surface area (Å²) < 4.78 is 28.9. The smallest absolute Gasteiger partial charge is 0.240 e. The highest BCUT2D eigenvalue weighted by molar-refractivity contribution is 7.89. The van der Waals surface area contributed by atoms with E-state index in [1.54, 1.807) is 24.3 Å². The first-order valence-corrected chi connectivity index (χ1v) is 12.8. The molecule has 2 bridgehead atoms. The van der Waals surface area contributed by atoms with Gasteiger partial charge < -0.3 is 5.32 Å². The Morgan fingerprint density at radius 1 is 1.03 bits per heavy atom. The molecule has 2 aliphatic carbocycles. The highest BCUT2D eigenvalue weighted by Crippen LogP contribution is 2.41. The van der Waals surface area contributed by atoms with Gasteiger partial charge in [0.2, 0.25) is 15.9 Å². The standard InChI is InChI=1S/C25H32N2O3S/c1-3-17(2)13-24(28)26-22-12-11-18-14-19-9-10-20(15-21(18)16-22)25(19)27-31(29,30)23-7-5-4-6-8-23/h4-8,11-12,16-17,19-20,25,27H,3,9-10,13-15H2,1-2H3,(H,26,28). The lowest BCUT2D eigenvalue weighted by Crippen LogP contribution is -2.41. The Kier molecular flexibility index (Phi) is 6.49. The molecule has 4 unspecified atom stereocenters. The van der Waals surface area contributed by atoms with Gasteiger partial charge in [-0.25, -0.2) is 13.1 Å². The third-order valence-electron chi connectivity index (χ3n) is 6.95. The fraction of sp³-hybridized carbons (Fsp3) is 0.480. The molecule has 4 rings (SSSR count). The fourth-order valence-electron chi connectivity index (χ4n) is 5.00. The molecule has 1 amide bonds. The zero-order valence-electron chi connectivity index (χ0n) is 18.3. The molecule has 0 heterocycles. The Hall–Kier alpha value is -2.18. The summed E-state index contributed by atoms with van der Waals surface area (Å²) >= 11 is 0. The van der Waals surface area contributed by atoms with E-state index < -0.39 is 10.0 Å². The molecule has 166 valence electrons. The van der Waals surface area contributed by atoms with Crippen molar-refractivity contribution in [3.05, 3.63) is 59.7 Å². The van der Waals surface area contributed by atoms with E-state index in [2.05, 4.69) is 36.0 Å². The summed E-state index contributed by atoms with van der Waals surface area (Å²) in [4.78, 5) is 12.6. The maximum atomic E-state index is 12.9. The number of sulfonamides is 1. The van der Waals surface area contributed by atoms with Gasteiger partial charge in [0.25, 0.3) is 0 Å². The van der Waals surface area contributed by atoms with Crippen molar-refractivity contribution >= 4 is 21.6 Å². The van der Waals surface area contributed by atoms with Crippen LogP contribution in [0.5, 0.6) is 0 Å². The van der Waals surface area contributed by atoms with Gasteiger partial charge in [0.15, 0.2) is 0 Å². The highest BCUT2D eigenvalue weighted by atomic mass is 32.2. The van der Waals surface area contributed by atoms with Gasteiger partial charge in [-0.3, -0.25) is 4.79 Å². The molecule has 2 N–H and O–H groups in total. The predicted molar refractivity (Wildman–Crippen MR) is 123 cm³/mol. The molecule has 6 heteroatoms. The van der Waals surface area contributed by atoms with Crippen LogP contribution in [-0.4, -0.2) is 20.4 Å². The van der Waals surface area contributed by atoms with E-state index in [1.165, 1.54) is 11.1 Å². The van der Waals surface area contributed by atoms with Crippen LogP contribution in [0, 0.1) is 17.8 Å². The van der Waals surface area contributed by atoms with Gasteiger partial charge in [0.05, 0.1) is 4.90 Å². The molecule has 2 aromatic rings. The fourth-order valence-corrected chi connectivity index (χ4v) is 6.39. The van der Waals surface area contributed by atoms with Crippen molar-refractivity contribution in [3.63, 3.8) is 0 Å². The molecule has 2 aliphatic rings. The molecule has 5 nitrogen and oxygen atoms in total. The molecular weight excluding hydrogens is 408 g/mol. The maximum absolute atomic E-state index is 12.9. The van der Waals surface area contributed by atoms with Crippen LogP contribution in [0.1, 0.15) is 50.7 Å². The quantitative estimate of drug-likeness (QED) is 0.664. The number of anilines is 1. The number of amides is 1. The van der Waals surface area contributed by atoms with E-state index in [0.717, 1.165) is 37.8 Å². The topological polar surface area (TPSA) is 75.3 Å². The molecule has 0 spiro atoms. The van der Waals surface area contributed by atoms with E-state index >= 15 is 0 Å². The van der Waals surface area contributed by atoms with E-state index in [1.807, 2.05) is 12.1 Å². The average Bonchev–Trinajstić information content (AvgIpc) is 3.02. The second kappa shape index (κ2) is 9.13. The van der Waals surface area contributed by atoms with Crippen LogP contribution >= 0.6 is 0 Å². The molecule has 31 heavy (non-hydrogen) atoms. The summed E-state index contributed by atoms with van der Waals surface area (Å²) in [5.74, 6) is 0.999. The number of nitrogens with one attached hydrogen (secondary N) is 2. The van der Waals surface area contributed by atoms with Crippen molar-refractivity contribution in [1.29, 1.82) is 0 Å². The van der Waals surface area contributed by atoms with Crippen LogP contribution in [0.25, 0.3) is 0 Å². The minimum absolute atomic E-state index is 0.0536. The summed E-state index contributed by atoms with van der Waals surface area (Å²) in [6.07, 6.45) is 5.29. The van der Waals surface area contributed by atoms with Crippen LogP contribution in [0.15, 0.2) is 53.4 Å². The van der Waals surface area contributed by atoms with Gasteiger partial charge >= 0.3 is 0 Å². The third-order valence-corrected chi connectivity index (χ3v) is 8.43. The van der Waals surface area contributed by atoms with Crippen LogP contribution in [0.4, 0.5) is 5.69 Å². The Balaban J connectivity index is 1.49. The van der Waals surface area contributed by atoms with Gasteiger partial charge in [-0.05, 0) is 78.8 Å². The van der Waals surface area contributed by atoms with Crippen LogP contribution < -0.4 is 10.0 Å². The van der Waals surface area contributed by atoms with Crippen molar-refractivity contribution in [2.75, 3.05) is 5.32 Å². The lowest BCUT2D eigenvalue weighted by atomic mass is 9.93. The van der Waals surface area contributed by atoms with Gasteiger partial charge in [-0.15, -0.1) is 0 Å². The Morgan fingerprint density at radius 2 is 1.71 bits per heavy atom. The van der Waals surface area contributed by atoms with Crippen molar-refractivity contribution in [1.82, 2.24) is 4.72 Å². The summed E-state index contributed by atoms with van der Waals surface area (Å²) in [7, 11) is -3.53. The van der Waals surface area contributed by atoms with E-state index in [0.29, 0.717) is 23.2 Å². The Morgan fingerprint density at radius 3 is 2.39 bits per heavy atom. The molecule has 4 atom stereocenters. The molecule has 0 aromatic heterocycles. The van der Waals surface area contributed by atoms with Crippen LogP contribution in [0.3, 0.4) is 0 Å². The second-order valence-electron chi connectivity index (χ2n) is 9.22. The third kappa shape index (κ3) is 5.01. The number of carbonyl (C=O) groups excluding carboxylic acids is 1. The SMILES string of the molecule is CCC(C)CC(=O)Nc1ccc2c(c1)CC1CCC(C2)C1NS(=O)(=O)c1ccccc1. The maximum Gasteiger partial charge on any atom is 0.240 e. The number of hydrogen-bond donors (Lipinski definition) is 2. The number of hydrogen-bond acceptors (Lipinski definition) is 3. The largest absolute Gasteiger partial charge is 0.326 e. The lowest BCUT2D eigenvalue weighted by molar-refractivity contribution is -0.117. The normalized spacial score (nSPS) is 23.6. The minimum Gasteiger partial charge on any atom is -0.326 e. The minimum atomic E-state index is -3.53. The van der Waals surface area contributed by atoms with Gasteiger partial charge in [-0.2, -0.15) is 0 Å². The molecule has 0 radical (unpaired) electrons. The number of fused-ring (bicyclic) bond motifs is 3. The van der Waals surface area contributed by atoms with Crippen molar-refractivity contribution in [2.45, 2.75) is 63.3 Å². The summed E-state index contributed by atoms with van der Waals surface area (Å²) in [6.45, 7) is 4.18. The monoisotopic (exact) mass is 440 g/mol. The highest BCUT2D eigenvalue weighted by Gasteiger charge is 2.41. The van der Waals surface area contributed by atoms with E-state index in [4.69, 9.17) is 0 Å².